The number of anilines is 1. The van der Waals surface area contributed by atoms with Crippen molar-refractivity contribution in [2.24, 2.45) is 0 Å². The zero-order valence-electron chi connectivity index (χ0n) is 14.2. The molecule has 3 aromatic rings. The molecule has 4 rings (SSSR count). The van der Waals surface area contributed by atoms with E-state index < -0.39 is 0 Å². The van der Waals surface area contributed by atoms with Gasteiger partial charge in [-0.25, -0.2) is 0 Å². The molecule has 0 saturated carbocycles. The van der Waals surface area contributed by atoms with E-state index in [0.717, 1.165) is 29.0 Å². The maximum atomic E-state index is 13.0. The summed E-state index contributed by atoms with van der Waals surface area (Å²) in [6.45, 7) is 3.61. The van der Waals surface area contributed by atoms with Gasteiger partial charge in [-0.15, -0.1) is 32.9 Å². The summed E-state index contributed by atoms with van der Waals surface area (Å²) in [6, 6.07) is 6.40. The van der Waals surface area contributed by atoms with E-state index in [1.165, 1.54) is 38.4 Å². The number of carbonyl (C=O) groups excluding carboxylic acids is 1. The largest absolute Gasteiger partial charge is 0.360 e. The van der Waals surface area contributed by atoms with Crippen LogP contribution in [0.2, 0.25) is 0 Å². The second-order valence-corrected chi connectivity index (χ2v) is 9.93. The van der Waals surface area contributed by atoms with Gasteiger partial charge in [0.05, 0.1) is 11.8 Å². The maximum Gasteiger partial charge on any atom is 0.233 e. The van der Waals surface area contributed by atoms with Gasteiger partial charge >= 0.3 is 0 Å². The molecule has 1 aliphatic rings. The van der Waals surface area contributed by atoms with Crippen LogP contribution in [-0.4, -0.2) is 39.8 Å². The number of nitrogens with zero attached hydrogens (tertiary/aromatic N) is 3. The standard InChI is InChI=1S/C17H18N4OS4/c1-2-18-16-19-20-17(26-16)25-10-14(22)21-7-5-12-11(6-9-24-12)15(21)13-4-3-8-23-13/h3-4,6,8-9,15H,2,5,7,10H2,1H3,(H,18,19). The number of hydrogen-bond donors (Lipinski definition) is 1. The van der Waals surface area contributed by atoms with Gasteiger partial charge < -0.3 is 10.2 Å². The summed E-state index contributed by atoms with van der Waals surface area (Å²) < 4.78 is 0.829. The molecule has 0 aromatic carbocycles. The molecule has 4 heterocycles. The average Bonchev–Trinajstić information content (AvgIpc) is 3.40. The van der Waals surface area contributed by atoms with E-state index in [1.54, 1.807) is 22.7 Å². The lowest BCUT2D eigenvalue weighted by Crippen LogP contribution is -2.40. The van der Waals surface area contributed by atoms with Crippen LogP contribution in [0, 0.1) is 0 Å². The Morgan fingerprint density at radius 2 is 2.27 bits per heavy atom. The minimum absolute atomic E-state index is 0.0461. The first-order chi connectivity index (χ1) is 12.8. The number of thioether (sulfide) groups is 1. The molecule has 1 N–H and O–H groups in total. The highest BCUT2D eigenvalue weighted by Crippen LogP contribution is 2.40. The monoisotopic (exact) mass is 422 g/mol. The molecule has 9 heteroatoms. The lowest BCUT2D eigenvalue weighted by molar-refractivity contribution is -0.130. The minimum Gasteiger partial charge on any atom is -0.360 e. The molecule has 1 unspecified atom stereocenters. The maximum absolute atomic E-state index is 13.0. The second kappa shape index (κ2) is 8.08. The van der Waals surface area contributed by atoms with Crippen LogP contribution in [0.3, 0.4) is 0 Å². The molecule has 1 amide bonds. The van der Waals surface area contributed by atoms with Gasteiger partial charge in [-0.05, 0) is 41.8 Å². The van der Waals surface area contributed by atoms with Gasteiger partial charge in [0, 0.05) is 22.8 Å². The lowest BCUT2D eigenvalue weighted by Gasteiger charge is -2.35. The smallest absolute Gasteiger partial charge is 0.233 e. The van der Waals surface area contributed by atoms with Gasteiger partial charge in [0.1, 0.15) is 0 Å². The SMILES string of the molecule is CCNc1nnc(SCC(=O)N2CCc3sccc3C2c2cccs2)s1. The first-order valence-electron chi connectivity index (χ1n) is 8.35. The van der Waals surface area contributed by atoms with Crippen molar-refractivity contribution in [2.45, 2.75) is 23.7 Å². The van der Waals surface area contributed by atoms with E-state index in [2.05, 4.69) is 44.5 Å². The van der Waals surface area contributed by atoms with Gasteiger partial charge in [0.15, 0.2) is 4.34 Å². The molecule has 0 fully saturated rings. The zero-order chi connectivity index (χ0) is 17.9. The van der Waals surface area contributed by atoms with Crippen molar-refractivity contribution in [2.75, 3.05) is 24.2 Å². The molecular weight excluding hydrogens is 404 g/mol. The van der Waals surface area contributed by atoms with Crippen LogP contribution >= 0.6 is 45.8 Å². The van der Waals surface area contributed by atoms with E-state index in [-0.39, 0.29) is 11.9 Å². The summed E-state index contributed by atoms with van der Waals surface area (Å²) in [7, 11) is 0. The molecule has 0 spiro atoms. The first kappa shape index (κ1) is 18.0. The summed E-state index contributed by atoms with van der Waals surface area (Å²) in [5.74, 6) is 0.549. The van der Waals surface area contributed by atoms with E-state index >= 15 is 0 Å². The fourth-order valence-electron chi connectivity index (χ4n) is 3.04. The van der Waals surface area contributed by atoms with E-state index in [9.17, 15) is 4.79 Å². The van der Waals surface area contributed by atoms with Crippen LogP contribution in [-0.2, 0) is 11.2 Å². The first-order valence-corrected chi connectivity index (χ1v) is 11.9. The molecule has 0 radical (unpaired) electrons. The zero-order valence-corrected chi connectivity index (χ0v) is 17.4. The van der Waals surface area contributed by atoms with Crippen molar-refractivity contribution in [3.8, 4) is 0 Å². The Morgan fingerprint density at radius 3 is 3.08 bits per heavy atom. The van der Waals surface area contributed by atoms with Crippen LogP contribution in [0.1, 0.15) is 28.3 Å². The lowest BCUT2D eigenvalue weighted by atomic mass is 9.98. The number of nitrogens with one attached hydrogen (secondary N) is 1. The number of fused-ring (bicyclic) bond motifs is 1. The van der Waals surface area contributed by atoms with E-state index in [1.807, 2.05) is 11.8 Å². The number of carbonyl (C=O) groups is 1. The van der Waals surface area contributed by atoms with Gasteiger partial charge in [0.25, 0.3) is 0 Å². The van der Waals surface area contributed by atoms with Crippen molar-refractivity contribution < 1.29 is 4.79 Å². The summed E-state index contributed by atoms with van der Waals surface area (Å²) >= 11 is 6.48. The third-order valence-electron chi connectivity index (χ3n) is 4.15. The Morgan fingerprint density at radius 1 is 1.35 bits per heavy atom. The van der Waals surface area contributed by atoms with Crippen molar-refractivity contribution in [3.63, 3.8) is 0 Å². The molecule has 26 heavy (non-hydrogen) atoms. The fourth-order valence-corrected chi connectivity index (χ4v) is 6.50. The number of aromatic nitrogens is 2. The number of rotatable bonds is 6. The molecule has 1 atom stereocenters. The Hall–Kier alpha value is -1.42. The Balaban J connectivity index is 1.49. The van der Waals surface area contributed by atoms with Crippen molar-refractivity contribution in [1.29, 1.82) is 0 Å². The predicted octanol–water partition coefficient (Wildman–Crippen LogP) is 4.36. The highest BCUT2D eigenvalue weighted by Gasteiger charge is 2.33. The van der Waals surface area contributed by atoms with Crippen LogP contribution in [0.25, 0.3) is 0 Å². The number of hydrogen-bond acceptors (Lipinski definition) is 8. The topological polar surface area (TPSA) is 58.1 Å². The fraction of sp³-hybridized carbons (Fsp3) is 0.353. The van der Waals surface area contributed by atoms with Gasteiger partial charge in [-0.2, -0.15) is 0 Å². The quantitative estimate of drug-likeness (QED) is 0.598. The summed E-state index contributed by atoms with van der Waals surface area (Å²) in [4.78, 5) is 17.7. The Labute approximate surface area is 168 Å². The second-order valence-electron chi connectivity index (χ2n) is 5.75. The summed E-state index contributed by atoms with van der Waals surface area (Å²) in [5.41, 5.74) is 1.28. The van der Waals surface area contributed by atoms with E-state index in [0.29, 0.717) is 5.75 Å². The third kappa shape index (κ3) is 3.66. The molecule has 5 nitrogen and oxygen atoms in total. The van der Waals surface area contributed by atoms with Crippen LogP contribution in [0.5, 0.6) is 0 Å². The summed E-state index contributed by atoms with van der Waals surface area (Å²) in [6.07, 6.45) is 0.939. The highest BCUT2D eigenvalue weighted by molar-refractivity contribution is 8.01. The third-order valence-corrected chi connectivity index (χ3v) is 8.07. The molecule has 0 saturated heterocycles. The van der Waals surface area contributed by atoms with Crippen LogP contribution in [0.4, 0.5) is 5.13 Å². The minimum atomic E-state index is 0.0461. The number of amides is 1. The molecular formula is C17H18N4OS4. The van der Waals surface area contributed by atoms with E-state index in [4.69, 9.17) is 0 Å². The van der Waals surface area contributed by atoms with Crippen molar-refractivity contribution in [1.82, 2.24) is 15.1 Å². The Bertz CT molecular complexity index is 873. The normalized spacial score (nSPS) is 16.5. The molecule has 1 aliphatic heterocycles. The number of thiophene rings is 2. The van der Waals surface area contributed by atoms with Crippen molar-refractivity contribution >= 4 is 56.8 Å². The molecule has 136 valence electrons. The van der Waals surface area contributed by atoms with Gasteiger partial charge in [-0.3, -0.25) is 4.79 Å². The van der Waals surface area contributed by atoms with Crippen molar-refractivity contribution in [3.05, 3.63) is 44.3 Å². The molecule has 3 aromatic heterocycles. The highest BCUT2D eigenvalue weighted by atomic mass is 32.2. The van der Waals surface area contributed by atoms with Crippen LogP contribution in [0.15, 0.2) is 33.3 Å². The molecule has 0 bridgehead atoms. The van der Waals surface area contributed by atoms with Gasteiger partial charge in [0.2, 0.25) is 11.0 Å². The average molecular weight is 423 g/mol. The summed E-state index contributed by atoms with van der Waals surface area (Å²) in [5, 5.41) is 16.4. The Kier molecular flexibility index (Phi) is 5.58. The van der Waals surface area contributed by atoms with Gasteiger partial charge in [-0.1, -0.05) is 29.2 Å². The van der Waals surface area contributed by atoms with Crippen LogP contribution < -0.4 is 5.32 Å². The predicted molar refractivity (Wildman–Crippen MR) is 111 cm³/mol. The molecule has 0 aliphatic carbocycles.